The first-order valence-corrected chi connectivity index (χ1v) is 8.08. The van der Waals surface area contributed by atoms with Gasteiger partial charge < -0.3 is 9.73 Å². The standard InChI is InChI=1S/C21H21NO2/c1-14-13-20(16(3)24-14)21(23)22-15(2)17-9-11-19(12-10-17)18-7-5-4-6-8-18/h4-13,15H,1-3H3,(H,22,23). The van der Waals surface area contributed by atoms with Crippen LogP contribution in [0.2, 0.25) is 0 Å². The molecule has 1 unspecified atom stereocenters. The molecular formula is C21H21NO2. The van der Waals surface area contributed by atoms with Crippen molar-refractivity contribution < 1.29 is 9.21 Å². The van der Waals surface area contributed by atoms with E-state index in [1.165, 1.54) is 11.1 Å². The number of amides is 1. The molecular weight excluding hydrogens is 298 g/mol. The molecule has 3 rings (SSSR count). The van der Waals surface area contributed by atoms with E-state index in [0.29, 0.717) is 11.3 Å². The van der Waals surface area contributed by atoms with Gasteiger partial charge in [0.15, 0.2) is 0 Å². The molecule has 1 heterocycles. The fourth-order valence-electron chi connectivity index (χ4n) is 2.81. The summed E-state index contributed by atoms with van der Waals surface area (Å²) in [6, 6.07) is 20.2. The lowest BCUT2D eigenvalue weighted by atomic mass is 10.0. The SMILES string of the molecule is Cc1cc(C(=O)NC(C)c2ccc(-c3ccccc3)cc2)c(C)o1. The summed E-state index contributed by atoms with van der Waals surface area (Å²) < 4.78 is 5.43. The van der Waals surface area contributed by atoms with Gasteiger partial charge in [-0.25, -0.2) is 0 Å². The molecule has 0 aliphatic carbocycles. The van der Waals surface area contributed by atoms with Gasteiger partial charge in [-0.3, -0.25) is 4.79 Å². The summed E-state index contributed by atoms with van der Waals surface area (Å²) in [5.74, 6) is 1.29. The second-order valence-corrected chi connectivity index (χ2v) is 6.01. The van der Waals surface area contributed by atoms with E-state index in [0.717, 1.165) is 11.3 Å². The molecule has 1 amide bonds. The van der Waals surface area contributed by atoms with E-state index in [4.69, 9.17) is 4.42 Å². The first-order chi connectivity index (χ1) is 11.5. The lowest BCUT2D eigenvalue weighted by Crippen LogP contribution is -2.26. The zero-order valence-electron chi connectivity index (χ0n) is 14.2. The summed E-state index contributed by atoms with van der Waals surface area (Å²) in [6.45, 7) is 5.63. The van der Waals surface area contributed by atoms with Gasteiger partial charge in [0.05, 0.1) is 11.6 Å². The fourth-order valence-corrected chi connectivity index (χ4v) is 2.81. The summed E-state index contributed by atoms with van der Waals surface area (Å²) in [5, 5.41) is 3.03. The molecule has 122 valence electrons. The lowest BCUT2D eigenvalue weighted by molar-refractivity contribution is 0.0938. The Labute approximate surface area is 142 Å². The van der Waals surface area contributed by atoms with Crippen LogP contribution in [0.5, 0.6) is 0 Å². The van der Waals surface area contributed by atoms with Crippen LogP contribution in [0.25, 0.3) is 11.1 Å². The molecule has 0 bridgehead atoms. The van der Waals surface area contributed by atoms with Crippen LogP contribution in [-0.4, -0.2) is 5.91 Å². The fraction of sp³-hybridized carbons (Fsp3) is 0.190. The van der Waals surface area contributed by atoms with Gasteiger partial charge in [-0.15, -0.1) is 0 Å². The quantitative estimate of drug-likeness (QED) is 0.731. The number of rotatable bonds is 4. The van der Waals surface area contributed by atoms with Crippen LogP contribution in [-0.2, 0) is 0 Å². The molecule has 2 aromatic carbocycles. The van der Waals surface area contributed by atoms with Crippen LogP contribution >= 0.6 is 0 Å². The molecule has 0 aliphatic heterocycles. The van der Waals surface area contributed by atoms with Crippen molar-refractivity contribution in [2.75, 3.05) is 0 Å². The highest BCUT2D eigenvalue weighted by molar-refractivity contribution is 5.95. The summed E-state index contributed by atoms with van der Waals surface area (Å²) in [6.07, 6.45) is 0. The monoisotopic (exact) mass is 319 g/mol. The molecule has 0 radical (unpaired) electrons. The Morgan fingerprint density at radius 2 is 1.58 bits per heavy atom. The van der Waals surface area contributed by atoms with Gasteiger partial charge in [0.25, 0.3) is 5.91 Å². The number of aryl methyl sites for hydroxylation is 2. The van der Waals surface area contributed by atoms with Crippen molar-refractivity contribution >= 4 is 5.91 Å². The molecule has 0 aliphatic rings. The van der Waals surface area contributed by atoms with Crippen molar-refractivity contribution in [2.45, 2.75) is 26.8 Å². The second kappa shape index (κ2) is 6.75. The summed E-state index contributed by atoms with van der Waals surface area (Å²) in [7, 11) is 0. The Morgan fingerprint density at radius 3 is 2.17 bits per heavy atom. The van der Waals surface area contributed by atoms with Gasteiger partial charge in [0.2, 0.25) is 0 Å². The summed E-state index contributed by atoms with van der Waals surface area (Å²) >= 11 is 0. The first-order valence-electron chi connectivity index (χ1n) is 8.08. The molecule has 24 heavy (non-hydrogen) atoms. The predicted molar refractivity (Wildman–Crippen MR) is 95.9 cm³/mol. The van der Waals surface area contributed by atoms with Gasteiger partial charge in [0.1, 0.15) is 11.5 Å². The largest absolute Gasteiger partial charge is 0.466 e. The number of benzene rings is 2. The molecule has 3 nitrogen and oxygen atoms in total. The second-order valence-electron chi connectivity index (χ2n) is 6.01. The molecule has 3 aromatic rings. The third-order valence-corrected chi connectivity index (χ3v) is 4.15. The summed E-state index contributed by atoms with van der Waals surface area (Å²) in [4.78, 5) is 12.4. The van der Waals surface area contributed by atoms with E-state index >= 15 is 0 Å². The Kier molecular flexibility index (Phi) is 4.52. The maximum atomic E-state index is 12.4. The highest BCUT2D eigenvalue weighted by atomic mass is 16.3. The third-order valence-electron chi connectivity index (χ3n) is 4.15. The Hall–Kier alpha value is -2.81. The van der Waals surface area contributed by atoms with Crippen LogP contribution in [0.4, 0.5) is 0 Å². The number of nitrogens with one attached hydrogen (secondary N) is 1. The predicted octanol–water partition coefficient (Wildman–Crippen LogP) is 5.05. The van der Waals surface area contributed by atoms with Crippen molar-refractivity contribution in [3.63, 3.8) is 0 Å². The average Bonchev–Trinajstić information content (AvgIpc) is 2.94. The van der Waals surface area contributed by atoms with Gasteiger partial charge >= 0.3 is 0 Å². The summed E-state index contributed by atoms with van der Waals surface area (Å²) in [5.41, 5.74) is 4.02. The van der Waals surface area contributed by atoms with Crippen LogP contribution in [0.1, 0.15) is 40.4 Å². The van der Waals surface area contributed by atoms with Crippen LogP contribution in [0.15, 0.2) is 65.1 Å². The number of furan rings is 1. The number of hydrogen-bond donors (Lipinski definition) is 1. The minimum atomic E-state index is -0.107. The molecule has 3 heteroatoms. The first kappa shape index (κ1) is 16.1. The molecule has 1 aromatic heterocycles. The topological polar surface area (TPSA) is 42.2 Å². The maximum Gasteiger partial charge on any atom is 0.255 e. The van der Waals surface area contributed by atoms with Crippen LogP contribution in [0.3, 0.4) is 0 Å². The Balaban J connectivity index is 1.72. The van der Waals surface area contributed by atoms with E-state index in [2.05, 4.69) is 41.7 Å². The lowest BCUT2D eigenvalue weighted by Gasteiger charge is -2.14. The van der Waals surface area contributed by atoms with Crippen LogP contribution < -0.4 is 5.32 Å². The smallest absolute Gasteiger partial charge is 0.255 e. The van der Waals surface area contributed by atoms with Gasteiger partial charge in [0, 0.05) is 0 Å². The Morgan fingerprint density at radius 1 is 0.958 bits per heavy atom. The van der Waals surface area contributed by atoms with Gasteiger partial charge in [-0.1, -0.05) is 54.6 Å². The highest BCUT2D eigenvalue weighted by Crippen LogP contribution is 2.22. The molecule has 0 saturated heterocycles. The van der Waals surface area contributed by atoms with E-state index in [1.807, 2.05) is 32.0 Å². The van der Waals surface area contributed by atoms with Crippen molar-refractivity contribution in [3.8, 4) is 11.1 Å². The zero-order chi connectivity index (χ0) is 17.1. The van der Waals surface area contributed by atoms with E-state index < -0.39 is 0 Å². The van der Waals surface area contributed by atoms with E-state index in [9.17, 15) is 4.79 Å². The molecule has 1 N–H and O–H groups in total. The number of carbonyl (C=O) groups excluding carboxylic acids is 1. The number of hydrogen-bond acceptors (Lipinski definition) is 2. The van der Waals surface area contributed by atoms with Crippen molar-refractivity contribution in [2.24, 2.45) is 0 Å². The van der Waals surface area contributed by atoms with Crippen molar-refractivity contribution in [3.05, 3.63) is 83.3 Å². The van der Waals surface area contributed by atoms with E-state index in [-0.39, 0.29) is 11.9 Å². The van der Waals surface area contributed by atoms with Gasteiger partial charge in [-0.2, -0.15) is 0 Å². The minimum absolute atomic E-state index is 0.0723. The van der Waals surface area contributed by atoms with Gasteiger partial charge in [-0.05, 0) is 43.5 Å². The molecule has 1 atom stereocenters. The van der Waals surface area contributed by atoms with Crippen molar-refractivity contribution in [1.82, 2.24) is 5.32 Å². The highest BCUT2D eigenvalue weighted by Gasteiger charge is 2.16. The van der Waals surface area contributed by atoms with Crippen molar-refractivity contribution in [1.29, 1.82) is 0 Å². The third kappa shape index (κ3) is 3.40. The molecule has 0 saturated carbocycles. The molecule has 0 spiro atoms. The normalized spacial score (nSPS) is 12.0. The number of carbonyl (C=O) groups is 1. The zero-order valence-corrected chi connectivity index (χ0v) is 14.2. The molecule has 0 fully saturated rings. The van der Waals surface area contributed by atoms with Crippen LogP contribution in [0, 0.1) is 13.8 Å². The average molecular weight is 319 g/mol. The van der Waals surface area contributed by atoms with E-state index in [1.54, 1.807) is 13.0 Å². The maximum absolute atomic E-state index is 12.4. The Bertz CT molecular complexity index is 832. The minimum Gasteiger partial charge on any atom is -0.466 e.